The van der Waals surface area contributed by atoms with Crippen molar-refractivity contribution >= 4 is 28.9 Å². The van der Waals surface area contributed by atoms with Crippen LogP contribution >= 0.6 is 11.6 Å². The average molecular weight is 291 g/mol. The van der Waals surface area contributed by atoms with E-state index in [2.05, 4.69) is 5.32 Å². The maximum absolute atomic E-state index is 12.0. The van der Waals surface area contributed by atoms with Crippen LogP contribution < -0.4 is 15.8 Å². The molecule has 0 aliphatic rings. The van der Waals surface area contributed by atoms with Crippen LogP contribution in [0, 0.1) is 0 Å². The normalized spacial score (nSPS) is 10.1. The van der Waals surface area contributed by atoms with E-state index in [-0.39, 0.29) is 12.3 Å². The lowest BCUT2D eigenvalue weighted by Gasteiger charge is -2.09. The van der Waals surface area contributed by atoms with Crippen molar-refractivity contribution in [3.63, 3.8) is 0 Å². The Labute approximate surface area is 122 Å². The van der Waals surface area contributed by atoms with Gasteiger partial charge in [0.25, 0.3) is 0 Å². The molecular formula is C15H15ClN2O2. The minimum atomic E-state index is -0.146. The molecule has 2 aromatic carbocycles. The molecule has 0 aromatic heterocycles. The van der Waals surface area contributed by atoms with Gasteiger partial charge < -0.3 is 15.8 Å². The molecule has 0 saturated heterocycles. The van der Waals surface area contributed by atoms with E-state index in [4.69, 9.17) is 22.1 Å². The third-order valence-electron chi connectivity index (χ3n) is 2.79. The molecule has 2 aromatic rings. The van der Waals surface area contributed by atoms with Gasteiger partial charge in [0.1, 0.15) is 5.75 Å². The molecule has 5 heteroatoms. The van der Waals surface area contributed by atoms with Crippen LogP contribution in [0.5, 0.6) is 5.75 Å². The van der Waals surface area contributed by atoms with Gasteiger partial charge in [-0.15, -0.1) is 0 Å². The number of nitrogen functional groups attached to an aromatic ring is 1. The van der Waals surface area contributed by atoms with E-state index < -0.39 is 0 Å². The average Bonchev–Trinajstić information content (AvgIpc) is 2.42. The van der Waals surface area contributed by atoms with Gasteiger partial charge in [0.15, 0.2) is 0 Å². The van der Waals surface area contributed by atoms with E-state index in [0.29, 0.717) is 16.4 Å². The van der Waals surface area contributed by atoms with Gasteiger partial charge in [-0.1, -0.05) is 23.7 Å². The number of benzene rings is 2. The molecule has 0 aliphatic carbocycles. The van der Waals surface area contributed by atoms with E-state index in [1.807, 2.05) is 24.3 Å². The van der Waals surface area contributed by atoms with Crippen LogP contribution in [0.15, 0.2) is 42.5 Å². The number of carbonyl (C=O) groups is 1. The Hall–Kier alpha value is -2.20. The highest BCUT2D eigenvalue weighted by molar-refractivity contribution is 6.31. The summed E-state index contributed by atoms with van der Waals surface area (Å²) < 4.78 is 5.12. The molecule has 104 valence electrons. The third kappa shape index (κ3) is 3.65. The first kappa shape index (κ1) is 14.2. The maximum Gasteiger partial charge on any atom is 0.228 e. The van der Waals surface area contributed by atoms with Crippen molar-refractivity contribution in [1.29, 1.82) is 0 Å². The molecule has 0 unspecified atom stereocenters. The summed E-state index contributed by atoms with van der Waals surface area (Å²) in [7, 11) is 1.59. The van der Waals surface area contributed by atoms with Crippen molar-refractivity contribution in [2.24, 2.45) is 0 Å². The van der Waals surface area contributed by atoms with Crippen molar-refractivity contribution in [2.75, 3.05) is 18.2 Å². The largest absolute Gasteiger partial charge is 0.497 e. The molecule has 0 radical (unpaired) electrons. The van der Waals surface area contributed by atoms with E-state index in [9.17, 15) is 4.79 Å². The molecule has 0 aliphatic heterocycles. The van der Waals surface area contributed by atoms with Gasteiger partial charge in [-0.25, -0.2) is 0 Å². The number of hydrogen-bond acceptors (Lipinski definition) is 3. The van der Waals surface area contributed by atoms with E-state index >= 15 is 0 Å². The summed E-state index contributed by atoms with van der Waals surface area (Å²) >= 11 is 5.81. The maximum atomic E-state index is 12.0. The second-order valence-corrected chi connectivity index (χ2v) is 4.74. The van der Waals surface area contributed by atoms with Crippen molar-refractivity contribution < 1.29 is 9.53 Å². The molecule has 0 atom stereocenters. The molecule has 0 spiro atoms. The number of nitrogens with two attached hydrogens (primary N) is 1. The highest BCUT2D eigenvalue weighted by atomic mass is 35.5. The summed E-state index contributed by atoms with van der Waals surface area (Å²) in [4.78, 5) is 12.0. The van der Waals surface area contributed by atoms with Gasteiger partial charge in [0.2, 0.25) is 5.91 Å². The lowest BCUT2D eigenvalue weighted by molar-refractivity contribution is -0.115. The van der Waals surface area contributed by atoms with E-state index in [1.54, 1.807) is 25.3 Å². The van der Waals surface area contributed by atoms with Gasteiger partial charge in [-0.3, -0.25) is 4.79 Å². The van der Waals surface area contributed by atoms with Crippen molar-refractivity contribution in [1.82, 2.24) is 0 Å². The first-order valence-electron chi connectivity index (χ1n) is 6.06. The lowest BCUT2D eigenvalue weighted by Crippen LogP contribution is -2.15. The Kier molecular flexibility index (Phi) is 4.48. The number of hydrogen-bond donors (Lipinski definition) is 2. The molecule has 0 fully saturated rings. The zero-order chi connectivity index (χ0) is 14.5. The van der Waals surface area contributed by atoms with E-state index in [0.717, 1.165) is 11.3 Å². The topological polar surface area (TPSA) is 64.3 Å². The third-order valence-corrected chi connectivity index (χ3v) is 3.02. The fraction of sp³-hybridized carbons (Fsp3) is 0.133. The minimum Gasteiger partial charge on any atom is -0.497 e. The summed E-state index contributed by atoms with van der Waals surface area (Å²) in [6, 6.07) is 12.3. The van der Waals surface area contributed by atoms with Crippen LogP contribution in [0.3, 0.4) is 0 Å². The Bertz CT molecular complexity index is 629. The molecule has 20 heavy (non-hydrogen) atoms. The monoisotopic (exact) mass is 290 g/mol. The first-order valence-corrected chi connectivity index (χ1v) is 6.44. The van der Waals surface area contributed by atoms with Crippen LogP contribution in [0.2, 0.25) is 5.02 Å². The number of nitrogens with one attached hydrogen (secondary N) is 1. The number of ether oxygens (including phenoxy) is 1. The number of carbonyl (C=O) groups excluding carboxylic acids is 1. The summed E-state index contributed by atoms with van der Waals surface area (Å²) in [5.41, 5.74) is 7.66. The van der Waals surface area contributed by atoms with Crippen LogP contribution in [0.25, 0.3) is 0 Å². The molecule has 0 saturated carbocycles. The Morgan fingerprint density at radius 1 is 1.30 bits per heavy atom. The lowest BCUT2D eigenvalue weighted by atomic mass is 10.1. The second kappa shape index (κ2) is 6.30. The number of anilines is 2. The summed E-state index contributed by atoms with van der Waals surface area (Å²) in [6.07, 6.45) is 0.249. The summed E-state index contributed by atoms with van der Waals surface area (Å²) in [5, 5.41) is 3.30. The first-order chi connectivity index (χ1) is 9.58. The fourth-order valence-corrected chi connectivity index (χ4v) is 1.99. The molecule has 4 nitrogen and oxygen atoms in total. The Morgan fingerprint density at radius 3 is 2.80 bits per heavy atom. The number of amides is 1. The van der Waals surface area contributed by atoms with Crippen molar-refractivity contribution in [2.45, 2.75) is 6.42 Å². The SMILES string of the molecule is COc1cccc(CC(=O)Nc2ccc(Cl)cc2N)c1. The van der Waals surface area contributed by atoms with Gasteiger partial charge >= 0.3 is 0 Å². The predicted octanol–water partition coefficient (Wildman–Crippen LogP) is 3.11. The quantitative estimate of drug-likeness (QED) is 0.850. The number of rotatable bonds is 4. The van der Waals surface area contributed by atoms with Crippen LogP contribution in [0.1, 0.15) is 5.56 Å². The van der Waals surface area contributed by atoms with E-state index in [1.165, 1.54) is 0 Å². The molecule has 3 N–H and O–H groups in total. The highest BCUT2D eigenvalue weighted by Gasteiger charge is 2.07. The predicted molar refractivity (Wildman–Crippen MR) is 81.2 cm³/mol. The number of methoxy groups -OCH3 is 1. The van der Waals surface area contributed by atoms with Gasteiger partial charge in [0.05, 0.1) is 24.9 Å². The van der Waals surface area contributed by atoms with Crippen molar-refractivity contribution in [3.8, 4) is 5.75 Å². The van der Waals surface area contributed by atoms with Gasteiger partial charge in [0, 0.05) is 5.02 Å². The highest BCUT2D eigenvalue weighted by Crippen LogP contribution is 2.23. The molecule has 1 amide bonds. The summed E-state index contributed by atoms with van der Waals surface area (Å²) in [5.74, 6) is 0.577. The minimum absolute atomic E-state index is 0.146. The smallest absolute Gasteiger partial charge is 0.228 e. The van der Waals surface area contributed by atoms with Crippen LogP contribution in [-0.4, -0.2) is 13.0 Å². The Morgan fingerprint density at radius 2 is 2.10 bits per heavy atom. The van der Waals surface area contributed by atoms with Gasteiger partial charge in [-0.05, 0) is 35.9 Å². The number of halogens is 1. The second-order valence-electron chi connectivity index (χ2n) is 4.31. The van der Waals surface area contributed by atoms with Crippen LogP contribution in [-0.2, 0) is 11.2 Å². The standard InChI is InChI=1S/C15H15ClN2O2/c1-20-12-4-2-3-10(7-12)8-15(19)18-14-6-5-11(16)9-13(14)17/h2-7,9H,8,17H2,1H3,(H,18,19). The molecular weight excluding hydrogens is 276 g/mol. The summed E-state index contributed by atoms with van der Waals surface area (Å²) in [6.45, 7) is 0. The molecule has 0 bridgehead atoms. The van der Waals surface area contributed by atoms with Gasteiger partial charge in [-0.2, -0.15) is 0 Å². The zero-order valence-electron chi connectivity index (χ0n) is 11.0. The molecule has 0 heterocycles. The zero-order valence-corrected chi connectivity index (χ0v) is 11.8. The fourth-order valence-electron chi connectivity index (χ4n) is 1.81. The van der Waals surface area contributed by atoms with Crippen molar-refractivity contribution in [3.05, 3.63) is 53.1 Å². The molecule has 2 rings (SSSR count). The Balaban J connectivity index is 2.05. The van der Waals surface area contributed by atoms with Crippen LogP contribution in [0.4, 0.5) is 11.4 Å².